The Morgan fingerprint density at radius 3 is 2.57 bits per heavy atom. The minimum atomic E-state index is -0.232. The lowest BCUT2D eigenvalue weighted by Crippen LogP contribution is -2.51. The Morgan fingerprint density at radius 1 is 1.13 bits per heavy atom. The number of hydrogen-bond acceptors (Lipinski definition) is 5. The van der Waals surface area contributed by atoms with E-state index in [1.807, 2.05) is 0 Å². The maximum Gasteiger partial charge on any atom is 0.239 e. The van der Waals surface area contributed by atoms with E-state index >= 15 is 0 Å². The number of nitrogens with one attached hydrogen (secondary N) is 2. The molecule has 1 unspecified atom stereocenters. The lowest BCUT2D eigenvalue weighted by molar-refractivity contribution is -0.126. The van der Waals surface area contributed by atoms with E-state index in [0.29, 0.717) is 19.8 Å². The smallest absolute Gasteiger partial charge is 0.239 e. The first-order valence-corrected chi connectivity index (χ1v) is 8.28. The highest BCUT2D eigenvalue weighted by molar-refractivity contribution is 5.81. The van der Waals surface area contributed by atoms with Crippen LogP contribution in [-0.4, -0.2) is 62.9 Å². The molecule has 2 aliphatic heterocycles. The molecule has 0 spiro atoms. The fourth-order valence-electron chi connectivity index (χ4n) is 2.83. The summed E-state index contributed by atoms with van der Waals surface area (Å²) in [5.74, 6) is 0.00194. The molecule has 3 rings (SSSR count). The van der Waals surface area contributed by atoms with Crippen molar-refractivity contribution in [2.45, 2.75) is 19.1 Å². The van der Waals surface area contributed by atoms with Crippen LogP contribution in [0.3, 0.4) is 0 Å². The van der Waals surface area contributed by atoms with E-state index in [0.717, 1.165) is 45.0 Å². The zero-order chi connectivity index (χ0) is 15.9. The number of benzene rings is 1. The van der Waals surface area contributed by atoms with Gasteiger partial charge < -0.3 is 20.1 Å². The van der Waals surface area contributed by atoms with Crippen LogP contribution in [0.1, 0.15) is 11.1 Å². The summed E-state index contributed by atoms with van der Waals surface area (Å²) in [4.78, 5) is 14.4. The Morgan fingerprint density at radius 2 is 1.87 bits per heavy atom. The second kappa shape index (κ2) is 8.40. The third-order valence-electron chi connectivity index (χ3n) is 4.24. The molecule has 0 aromatic heterocycles. The van der Waals surface area contributed by atoms with Crippen molar-refractivity contribution in [2.24, 2.45) is 0 Å². The van der Waals surface area contributed by atoms with Gasteiger partial charge in [-0.15, -0.1) is 0 Å². The first-order chi connectivity index (χ1) is 11.3. The van der Waals surface area contributed by atoms with E-state index in [2.05, 4.69) is 39.8 Å². The SMILES string of the molecule is O=C(NCc1ccc(CN2CCOCC2)cc1)C1COCCN1. The van der Waals surface area contributed by atoms with E-state index in [-0.39, 0.29) is 11.9 Å². The third-order valence-corrected chi connectivity index (χ3v) is 4.24. The highest BCUT2D eigenvalue weighted by atomic mass is 16.5. The maximum atomic E-state index is 12.0. The summed E-state index contributed by atoms with van der Waals surface area (Å²) in [5.41, 5.74) is 2.41. The molecule has 2 aliphatic rings. The topological polar surface area (TPSA) is 62.8 Å². The van der Waals surface area contributed by atoms with Gasteiger partial charge in [-0.1, -0.05) is 24.3 Å². The summed E-state index contributed by atoms with van der Waals surface area (Å²) >= 11 is 0. The molecule has 0 radical (unpaired) electrons. The van der Waals surface area contributed by atoms with Gasteiger partial charge in [0.1, 0.15) is 6.04 Å². The summed E-state index contributed by atoms with van der Waals surface area (Å²) in [5, 5.41) is 6.12. The number of rotatable bonds is 5. The predicted octanol–water partition coefficient (Wildman–Crippen LogP) is 0.123. The number of hydrogen-bond donors (Lipinski definition) is 2. The van der Waals surface area contributed by atoms with Crippen LogP contribution >= 0.6 is 0 Å². The van der Waals surface area contributed by atoms with Crippen molar-refractivity contribution in [3.8, 4) is 0 Å². The monoisotopic (exact) mass is 319 g/mol. The van der Waals surface area contributed by atoms with Crippen molar-refractivity contribution in [2.75, 3.05) is 46.1 Å². The van der Waals surface area contributed by atoms with Gasteiger partial charge in [-0.2, -0.15) is 0 Å². The lowest BCUT2D eigenvalue weighted by Gasteiger charge is -2.26. The van der Waals surface area contributed by atoms with Gasteiger partial charge in [0.05, 0.1) is 26.4 Å². The normalized spacial score (nSPS) is 22.7. The largest absolute Gasteiger partial charge is 0.379 e. The predicted molar refractivity (Wildman–Crippen MR) is 87.0 cm³/mol. The minimum Gasteiger partial charge on any atom is -0.379 e. The molecule has 0 aliphatic carbocycles. The molecule has 2 N–H and O–H groups in total. The number of morpholine rings is 2. The molecule has 0 saturated carbocycles. The summed E-state index contributed by atoms with van der Waals surface area (Å²) in [7, 11) is 0. The standard InChI is InChI=1S/C17H25N3O3/c21-17(16-13-23-8-5-18-16)19-11-14-1-3-15(4-2-14)12-20-6-9-22-10-7-20/h1-4,16,18H,5-13H2,(H,19,21). The second-order valence-electron chi connectivity index (χ2n) is 6.00. The van der Waals surface area contributed by atoms with Gasteiger partial charge in [0, 0.05) is 32.7 Å². The third kappa shape index (κ3) is 5.00. The molecule has 0 bridgehead atoms. The van der Waals surface area contributed by atoms with Crippen LogP contribution in [0, 0.1) is 0 Å². The average molecular weight is 319 g/mol. The highest BCUT2D eigenvalue weighted by Crippen LogP contribution is 2.09. The zero-order valence-corrected chi connectivity index (χ0v) is 13.4. The molecular formula is C17H25N3O3. The molecule has 23 heavy (non-hydrogen) atoms. The van der Waals surface area contributed by atoms with Gasteiger partial charge in [0.15, 0.2) is 0 Å². The van der Waals surface area contributed by atoms with Crippen molar-refractivity contribution < 1.29 is 14.3 Å². The number of ether oxygens (including phenoxy) is 2. The van der Waals surface area contributed by atoms with E-state index in [9.17, 15) is 4.79 Å². The van der Waals surface area contributed by atoms with Crippen LogP contribution in [0.5, 0.6) is 0 Å². The first-order valence-electron chi connectivity index (χ1n) is 8.28. The van der Waals surface area contributed by atoms with Crippen molar-refractivity contribution in [3.05, 3.63) is 35.4 Å². The van der Waals surface area contributed by atoms with Crippen LogP contribution in [0.2, 0.25) is 0 Å². The van der Waals surface area contributed by atoms with Crippen molar-refractivity contribution in [1.29, 1.82) is 0 Å². The summed E-state index contributed by atoms with van der Waals surface area (Å²) in [6, 6.07) is 8.21. The average Bonchev–Trinajstić information content (AvgIpc) is 2.62. The lowest BCUT2D eigenvalue weighted by atomic mass is 10.1. The first kappa shape index (κ1) is 16.4. The number of amides is 1. The zero-order valence-electron chi connectivity index (χ0n) is 13.4. The van der Waals surface area contributed by atoms with Crippen molar-refractivity contribution in [3.63, 3.8) is 0 Å². The quantitative estimate of drug-likeness (QED) is 0.807. The van der Waals surface area contributed by atoms with Gasteiger partial charge in [-0.3, -0.25) is 9.69 Å². The van der Waals surface area contributed by atoms with Crippen LogP contribution in [0.25, 0.3) is 0 Å². The Hall–Kier alpha value is -1.47. The highest BCUT2D eigenvalue weighted by Gasteiger charge is 2.20. The molecule has 2 fully saturated rings. The summed E-state index contributed by atoms with van der Waals surface area (Å²) in [6.45, 7) is 7.00. The Labute approximate surface area is 137 Å². The molecule has 2 saturated heterocycles. The fraction of sp³-hybridized carbons (Fsp3) is 0.588. The number of carbonyl (C=O) groups is 1. The van der Waals surface area contributed by atoms with Crippen LogP contribution in [-0.2, 0) is 27.4 Å². The summed E-state index contributed by atoms with van der Waals surface area (Å²) < 4.78 is 10.7. The van der Waals surface area contributed by atoms with Gasteiger partial charge in [0.25, 0.3) is 0 Å². The van der Waals surface area contributed by atoms with E-state index in [1.165, 1.54) is 5.56 Å². The Bertz CT molecular complexity index is 494. The second-order valence-corrected chi connectivity index (χ2v) is 6.00. The Kier molecular flexibility index (Phi) is 5.99. The molecule has 1 aromatic carbocycles. The van der Waals surface area contributed by atoms with Crippen molar-refractivity contribution >= 4 is 5.91 Å². The van der Waals surface area contributed by atoms with Crippen molar-refractivity contribution in [1.82, 2.24) is 15.5 Å². The number of carbonyl (C=O) groups excluding carboxylic acids is 1. The molecule has 6 nitrogen and oxygen atoms in total. The fourth-order valence-corrected chi connectivity index (χ4v) is 2.83. The summed E-state index contributed by atoms with van der Waals surface area (Å²) in [6.07, 6.45) is 0. The van der Waals surface area contributed by atoms with Gasteiger partial charge in [0.2, 0.25) is 5.91 Å². The van der Waals surface area contributed by atoms with Gasteiger partial charge in [-0.25, -0.2) is 0 Å². The van der Waals surface area contributed by atoms with Gasteiger partial charge in [-0.05, 0) is 11.1 Å². The molecule has 1 amide bonds. The van der Waals surface area contributed by atoms with E-state index in [1.54, 1.807) is 0 Å². The van der Waals surface area contributed by atoms with Crippen LogP contribution < -0.4 is 10.6 Å². The Balaban J connectivity index is 1.44. The van der Waals surface area contributed by atoms with Crippen LogP contribution in [0.15, 0.2) is 24.3 Å². The minimum absolute atomic E-state index is 0.00194. The van der Waals surface area contributed by atoms with E-state index < -0.39 is 0 Å². The molecular weight excluding hydrogens is 294 g/mol. The maximum absolute atomic E-state index is 12.0. The van der Waals surface area contributed by atoms with E-state index in [4.69, 9.17) is 9.47 Å². The number of nitrogens with zero attached hydrogens (tertiary/aromatic N) is 1. The van der Waals surface area contributed by atoms with Crippen LogP contribution in [0.4, 0.5) is 0 Å². The molecule has 2 heterocycles. The molecule has 126 valence electrons. The van der Waals surface area contributed by atoms with Gasteiger partial charge >= 0.3 is 0 Å². The molecule has 1 atom stereocenters. The molecule has 6 heteroatoms. The molecule has 1 aromatic rings.